The first-order valence-corrected chi connectivity index (χ1v) is 11.2. The molecular formula is C18H26ClN3O4S. The molecule has 0 aliphatic carbocycles. The summed E-state index contributed by atoms with van der Waals surface area (Å²) in [6.07, 6.45) is 3.34. The summed E-state index contributed by atoms with van der Waals surface area (Å²) in [5.41, 5.74) is 0.187. The van der Waals surface area contributed by atoms with Crippen molar-refractivity contribution < 1.29 is 17.9 Å². The summed E-state index contributed by atoms with van der Waals surface area (Å²) in [4.78, 5) is 14.9. The van der Waals surface area contributed by atoms with E-state index in [0.717, 1.165) is 26.1 Å². The Morgan fingerprint density at radius 3 is 2.56 bits per heavy atom. The van der Waals surface area contributed by atoms with Crippen LogP contribution in [0.5, 0.6) is 0 Å². The number of carbonyl (C=O) groups is 1. The van der Waals surface area contributed by atoms with Gasteiger partial charge in [0.05, 0.1) is 28.7 Å². The number of sulfonamides is 1. The van der Waals surface area contributed by atoms with Crippen LogP contribution in [0.15, 0.2) is 23.1 Å². The highest BCUT2D eigenvalue weighted by molar-refractivity contribution is 7.89. The van der Waals surface area contributed by atoms with E-state index in [9.17, 15) is 13.2 Å². The third-order valence-electron chi connectivity index (χ3n) is 4.93. The molecule has 2 heterocycles. The number of morpholine rings is 1. The Morgan fingerprint density at radius 1 is 1.15 bits per heavy atom. The van der Waals surface area contributed by atoms with Crippen LogP contribution in [-0.4, -0.2) is 76.0 Å². The van der Waals surface area contributed by atoms with Gasteiger partial charge in [0.25, 0.3) is 5.91 Å². The predicted octanol–water partition coefficient (Wildman–Crippen LogP) is 1.58. The van der Waals surface area contributed by atoms with Crippen LogP contribution in [0, 0.1) is 0 Å². The van der Waals surface area contributed by atoms with Crippen LogP contribution in [0.1, 0.15) is 29.6 Å². The quantitative estimate of drug-likeness (QED) is 0.684. The minimum atomic E-state index is -3.66. The predicted molar refractivity (Wildman–Crippen MR) is 104 cm³/mol. The van der Waals surface area contributed by atoms with Gasteiger partial charge in [0, 0.05) is 19.6 Å². The molecule has 2 aliphatic heterocycles. The molecule has 0 unspecified atom stereocenters. The zero-order valence-corrected chi connectivity index (χ0v) is 16.9. The molecule has 7 nitrogen and oxygen atoms in total. The number of nitrogens with one attached hydrogen (secondary N) is 1. The van der Waals surface area contributed by atoms with E-state index < -0.39 is 10.0 Å². The van der Waals surface area contributed by atoms with Crippen molar-refractivity contribution in [2.75, 3.05) is 52.5 Å². The van der Waals surface area contributed by atoms with Crippen molar-refractivity contribution in [3.63, 3.8) is 0 Å². The van der Waals surface area contributed by atoms with Gasteiger partial charge in [-0.3, -0.25) is 4.79 Å². The van der Waals surface area contributed by atoms with E-state index >= 15 is 0 Å². The number of ether oxygens (including phenoxy) is 1. The lowest BCUT2D eigenvalue weighted by molar-refractivity contribution is 0.0730. The van der Waals surface area contributed by atoms with Gasteiger partial charge in [-0.1, -0.05) is 11.6 Å². The largest absolute Gasteiger partial charge is 0.379 e. The van der Waals surface area contributed by atoms with Crippen LogP contribution in [-0.2, 0) is 14.8 Å². The van der Waals surface area contributed by atoms with E-state index in [1.165, 1.54) is 35.3 Å². The highest BCUT2D eigenvalue weighted by Crippen LogP contribution is 2.23. The van der Waals surface area contributed by atoms with Crippen molar-refractivity contribution in [2.24, 2.45) is 0 Å². The van der Waals surface area contributed by atoms with Gasteiger partial charge >= 0.3 is 0 Å². The molecule has 0 spiro atoms. The van der Waals surface area contributed by atoms with Gasteiger partial charge in [0.1, 0.15) is 0 Å². The molecule has 2 fully saturated rings. The first-order valence-electron chi connectivity index (χ1n) is 9.36. The number of rotatable bonds is 7. The molecule has 1 aromatic rings. The average Bonchev–Trinajstić information content (AvgIpc) is 3.19. The fourth-order valence-electron chi connectivity index (χ4n) is 3.38. The number of halogens is 1. The van der Waals surface area contributed by atoms with Crippen molar-refractivity contribution in [3.8, 4) is 0 Å². The molecule has 0 aromatic heterocycles. The van der Waals surface area contributed by atoms with Gasteiger partial charge in [0.2, 0.25) is 10.0 Å². The number of benzene rings is 1. The van der Waals surface area contributed by atoms with Crippen LogP contribution in [0.3, 0.4) is 0 Å². The maximum Gasteiger partial charge on any atom is 0.252 e. The summed E-state index contributed by atoms with van der Waals surface area (Å²) >= 11 is 6.15. The SMILES string of the molecule is O=C(NCCCN1CCCC1)c1cc(S(=O)(=O)N2CCOCC2)ccc1Cl. The molecule has 0 radical (unpaired) electrons. The van der Waals surface area contributed by atoms with Crippen molar-refractivity contribution in [1.29, 1.82) is 0 Å². The van der Waals surface area contributed by atoms with E-state index in [-0.39, 0.29) is 21.4 Å². The third kappa shape index (κ3) is 5.20. The zero-order chi connectivity index (χ0) is 19.3. The molecule has 3 rings (SSSR count). The Labute approximate surface area is 165 Å². The molecule has 2 saturated heterocycles. The molecule has 0 saturated carbocycles. The Morgan fingerprint density at radius 2 is 1.85 bits per heavy atom. The smallest absolute Gasteiger partial charge is 0.252 e. The topological polar surface area (TPSA) is 79.0 Å². The lowest BCUT2D eigenvalue weighted by atomic mass is 10.2. The Hall–Kier alpha value is -1.19. The Bertz CT molecular complexity index is 760. The monoisotopic (exact) mass is 415 g/mol. The Kier molecular flexibility index (Phi) is 7.10. The maximum absolute atomic E-state index is 12.8. The average molecular weight is 416 g/mol. The summed E-state index contributed by atoms with van der Waals surface area (Å²) in [6, 6.07) is 4.27. The van der Waals surface area contributed by atoms with Crippen LogP contribution in [0.4, 0.5) is 0 Å². The number of amides is 1. The van der Waals surface area contributed by atoms with Crippen LogP contribution < -0.4 is 5.32 Å². The highest BCUT2D eigenvalue weighted by Gasteiger charge is 2.27. The molecular weight excluding hydrogens is 390 g/mol. The van der Waals surface area contributed by atoms with E-state index in [1.807, 2.05) is 0 Å². The second-order valence-corrected chi connectivity index (χ2v) is 9.16. The standard InChI is InChI=1S/C18H26ClN3O4S/c19-17-5-4-15(27(24,25)22-10-12-26-13-11-22)14-16(17)18(23)20-6-3-9-21-7-1-2-8-21/h4-5,14H,1-3,6-13H2,(H,20,23). The lowest BCUT2D eigenvalue weighted by Crippen LogP contribution is -2.40. The molecule has 1 N–H and O–H groups in total. The number of hydrogen-bond donors (Lipinski definition) is 1. The molecule has 9 heteroatoms. The van der Waals surface area contributed by atoms with Crippen molar-refractivity contribution in [3.05, 3.63) is 28.8 Å². The summed E-state index contributed by atoms with van der Waals surface area (Å²) in [7, 11) is -3.66. The fraction of sp³-hybridized carbons (Fsp3) is 0.611. The third-order valence-corrected chi connectivity index (χ3v) is 7.15. The molecule has 150 valence electrons. The van der Waals surface area contributed by atoms with Gasteiger partial charge in [0.15, 0.2) is 0 Å². The molecule has 0 atom stereocenters. The van der Waals surface area contributed by atoms with Gasteiger partial charge in [-0.25, -0.2) is 8.42 Å². The zero-order valence-electron chi connectivity index (χ0n) is 15.3. The maximum atomic E-state index is 12.8. The summed E-state index contributed by atoms with van der Waals surface area (Å²) in [5, 5.41) is 3.09. The fourth-order valence-corrected chi connectivity index (χ4v) is 5.02. The van der Waals surface area contributed by atoms with E-state index in [4.69, 9.17) is 16.3 Å². The van der Waals surface area contributed by atoms with Gasteiger partial charge < -0.3 is 15.0 Å². The van der Waals surface area contributed by atoms with Crippen molar-refractivity contribution in [2.45, 2.75) is 24.2 Å². The normalized spacial score (nSPS) is 19.3. The number of hydrogen-bond acceptors (Lipinski definition) is 5. The summed E-state index contributed by atoms with van der Waals surface area (Å²) in [5.74, 6) is -0.347. The second-order valence-electron chi connectivity index (χ2n) is 6.82. The van der Waals surface area contributed by atoms with Crippen LogP contribution in [0.2, 0.25) is 5.02 Å². The van der Waals surface area contributed by atoms with Crippen molar-refractivity contribution >= 4 is 27.5 Å². The van der Waals surface area contributed by atoms with E-state index in [0.29, 0.717) is 32.8 Å². The molecule has 27 heavy (non-hydrogen) atoms. The second kappa shape index (κ2) is 9.34. The van der Waals surface area contributed by atoms with Gasteiger partial charge in [-0.05, 0) is 57.1 Å². The van der Waals surface area contributed by atoms with Crippen LogP contribution >= 0.6 is 11.6 Å². The van der Waals surface area contributed by atoms with Gasteiger partial charge in [-0.15, -0.1) is 0 Å². The van der Waals surface area contributed by atoms with Gasteiger partial charge in [-0.2, -0.15) is 4.31 Å². The van der Waals surface area contributed by atoms with E-state index in [1.54, 1.807) is 0 Å². The highest BCUT2D eigenvalue weighted by atomic mass is 35.5. The minimum Gasteiger partial charge on any atom is -0.379 e. The molecule has 1 aromatic carbocycles. The first kappa shape index (κ1) is 20.5. The summed E-state index contributed by atoms with van der Waals surface area (Å²) < 4.78 is 32.1. The molecule has 2 aliphatic rings. The minimum absolute atomic E-state index is 0.0796. The first-order chi connectivity index (χ1) is 13.0. The molecule has 1 amide bonds. The number of likely N-dealkylation sites (tertiary alicyclic amines) is 1. The van der Waals surface area contributed by atoms with Crippen LogP contribution in [0.25, 0.3) is 0 Å². The summed E-state index contributed by atoms with van der Waals surface area (Å²) in [6.45, 7) is 5.11. The van der Waals surface area contributed by atoms with Crippen molar-refractivity contribution in [1.82, 2.24) is 14.5 Å². The van der Waals surface area contributed by atoms with E-state index in [2.05, 4.69) is 10.2 Å². The lowest BCUT2D eigenvalue weighted by Gasteiger charge is -2.26. The number of nitrogens with zero attached hydrogens (tertiary/aromatic N) is 2. The molecule has 0 bridgehead atoms. The number of carbonyl (C=O) groups excluding carboxylic acids is 1. The Balaban J connectivity index is 1.62.